The highest BCUT2D eigenvalue weighted by Crippen LogP contribution is 2.67. The fraction of sp³-hybridized carbons (Fsp3) is 0.694. The minimum absolute atomic E-state index is 0.0291. The molecule has 0 saturated heterocycles. The van der Waals surface area contributed by atoms with Gasteiger partial charge in [-0.25, -0.2) is 4.79 Å². The quantitative estimate of drug-likeness (QED) is 0.206. The van der Waals surface area contributed by atoms with Gasteiger partial charge in [0.25, 0.3) is 0 Å². The predicted octanol–water partition coefficient (Wildman–Crippen LogP) is 9.36. The number of aromatic hydroxyl groups is 1. The van der Waals surface area contributed by atoms with Crippen molar-refractivity contribution in [1.82, 2.24) is 0 Å². The number of hydrogen-bond acceptors (Lipinski definition) is 3. The first-order chi connectivity index (χ1) is 18.6. The van der Waals surface area contributed by atoms with E-state index in [1.807, 2.05) is 6.07 Å². The van der Waals surface area contributed by atoms with Crippen LogP contribution in [0.3, 0.4) is 0 Å². The molecule has 3 heteroatoms. The van der Waals surface area contributed by atoms with E-state index in [9.17, 15) is 9.90 Å². The molecule has 3 fully saturated rings. The Morgan fingerprint density at radius 1 is 1.08 bits per heavy atom. The van der Waals surface area contributed by atoms with Crippen LogP contribution < -0.4 is 0 Å². The minimum atomic E-state index is -0.283. The van der Waals surface area contributed by atoms with Crippen LogP contribution in [-0.2, 0) is 9.53 Å². The Hall–Kier alpha value is -2.03. The Balaban J connectivity index is 1.21. The van der Waals surface area contributed by atoms with Gasteiger partial charge in [0, 0.05) is 12.5 Å². The van der Waals surface area contributed by atoms with Crippen LogP contribution in [0.1, 0.15) is 111 Å². The average Bonchev–Trinajstić information content (AvgIpc) is 3.25. The van der Waals surface area contributed by atoms with Gasteiger partial charge in [-0.3, -0.25) is 0 Å². The van der Waals surface area contributed by atoms with Crippen molar-refractivity contribution >= 4 is 12.0 Å². The summed E-state index contributed by atoms with van der Waals surface area (Å²) in [6.07, 6.45) is 19.8. The molecule has 0 unspecified atom stereocenters. The number of carbonyl (C=O) groups excluding carboxylic acids is 1. The number of allylic oxidation sites excluding steroid dienone is 1. The van der Waals surface area contributed by atoms with Gasteiger partial charge in [0.05, 0.1) is 0 Å². The smallest absolute Gasteiger partial charge is 0.331 e. The topological polar surface area (TPSA) is 46.5 Å². The largest absolute Gasteiger partial charge is 0.508 e. The Labute approximate surface area is 237 Å². The molecule has 39 heavy (non-hydrogen) atoms. The lowest BCUT2D eigenvalue weighted by Gasteiger charge is -2.58. The van der Waals surface area contributed by atoms with Gasteiger partial charge in [-0.1, -0.05) is 77.7 Å². The summed E-state index contributed by atoms with van der Waals surface area (Å²) in [5, 5.41) is 9.65. The number of phenolic OH excluding ortho intramolecular Hbond substituents is 1. The molecule has 4 aliphatic rings. The first-order valence-electron chi connectivity index (χ1n) is 16.0. The first kappa shape index (κ1) is 28.5. The summed E-state index contributed by atoms with van der Waals surface area (Å²) in [4.78, 5) is 12.6. The van der Waals surface area contributed by atoms with Crippen LogP contribution >= 0.6 is 0 Å². The maximum absolute atomic E-state index is 12.6. The number of ether oxygens (including phenoxy) is 1. The Morgan fingerprint density at radius 3 is 2.67 bits per heavy atom. The van der Waals surface area contributed by atoms with E-state index in [4.69, 9.17) is 4.74 Å². The zero-order valence-corrected chi connectivity index (χ0v) is 25.1. The zero-order valence-electron chi connectivity index (χ0n) is 25.1. The summed E-state index contributed by atoms with van der Waals surface area (Å²) in [7, 11) is 0. The van der Waals surface area contributed by atoms with E-state index >= 15 is 0 Å². The van der Waals surface area contributed by atoms with Crippen molar-refractivity contribution in [3.05, 3.63) is 47.6 Å². The SMILES string of the molecule is CC(C)CCC[C@@H](C)[C@H]1CC[C@H]2[C@@H]3CC=C4C[C@@H](OC(=O)/C=C/c5cccc(O)c5)CC[C@]4(C)[C@H]3CC[C@]12C. The molecule has 0 radical (unpaired) electrons. The molecular formula is C36H52O3. The van der Waals surface area contributed by atoms with E-state index in [0.29, 0.717) is 5.41 Å². The van der Waals surface area contributed by atoms with Crippen LogP contribution in [-0.4, -0.2) is 17.2 Å². The molecule has 5 rings (SSSR count). The number of esters is 1. The number of fused-ring (bicyclic) bond motifs is 5. The van der Waals surface area contributed by atoms with Crippen molar-refractivity contribution in [2.45, 2.75) is 111 Å². The third kappa shape index (κ3) is 5.75. The van der Waals surface area contributed by atoms with E-state index in [1.165, 1.54) is 57.4 Å². The number of carbonyl (C=O) groups is 1. The van der Waals surface area contributed by atoms with Crippen molar-refractivity contribution in [1.29, 1.82) is 0 Å². The van der Waals surface area contributed by atoms with Gasteiger partial charge in [-0.05, 0) is 115 Å². The van der Waals surface area contributed by atoms with E-state index in [-0.39, 0.29) is 23.2 Å². The second-order valence-electron chi connectivity index (χ2n) is 14.5. The van der Waals surface area contributed by atoms with E-state index in [1.54, 1.807) is 29.8 Å². The lowest BCUT2D eigenvalue weighted by Crippen LogP contribution is -2.51. The Bertz CT molecular complexity index is 1080. The van der Waals surface area contributed by atoms with Crippen molar-refractivity contribution in [2.24, 2.45) is 46.3 Å². The standard InChI is InChI=1S/C36H52O3/c1-24(2)8-6-9-25(3)31-15-16-32-30-14-13-27-23-29(18-20-35(27,4)33(30)19-21-36(31,32)5)39-34(38)17-12-26-10-7-11-28(37)22-26/h7,10-13,17,22,24-25,29-33,37H,6,8-9,14-16,18-21,23H2,1-5H3/b17-12+/t25-,29+,30+,31-,32+,33+,35+,36-/m1/s1. The highest BCUT2D eigenvalue weighted by atomic mass is 16.5. The third-order valence-corrected chi connectivity index (χ3v) is 11.8. The second kappa shape index (κ2) is 11.5. The average molecular weight is 533 g/mol. The van der Waals surface area contributed by atoms with Crippen LogP contribution in [0.4, 0.5) is 0 Å². The summed E-state index contributed by atoms with van der Waals surface area (Å²) in [6, 6.07) is 6.92. The maximum atomic E-state index is 12.6. The third-order valence-electron chi connectivity index (χ3n) is 11.8. The number of phenols is 1. The molecule has 0 aliphatic heterocycles. The minimum Gasteiger partial charge on any atom is -0.508 e. The molecule has 0 amide bonds. The molecule has 1 N–H and O–H groups in total. The number of rotatable bonds is 8. The fourth-order valence-electron chi connectivity index (χ4n) is 9.75. The van der Waals surface area contributed by atoms with E-state index < -0.39 is 0 Å². The van der Waals surface area contributed by atoms with Gasteiger partial charge in [0.15, 0.2) is 0 Å². The molecule has 0 spiro atoms. The molecule has 0 bridgehead atoms. The van der Waals surface area contributed by atoms with Crippen molar-refractivity contribution in [3.63, 3.8) is 0 Å². The van der Waals surface area contributed by atoms with Gasteiger partial charge in [-0.15, -0.1) is 0 Å². The fourth-order valence-corrected chi connectivity index (χ4v) is 9.75. The van der Waals surface area contributed by atoms with Crippen LogP contribution in [0.25, 0.3) is 6.08 Å². The van der Waals surface area contributed by atoms with Gasteiger partial charge < -0.3 is 9.84 Å². The lowest BCUT2D eigenvalue weighted by atomic mass is 9.47. The van der Waals surface area contributed by atoms with E-state index in [0.717, 1.165) is 60.3 Å². The molecule has 0 aromatic heterocycles. The van der Waals surface area contributed by atoms with Crippen molar-refractivity contribution < 1.29 is 14.6 Å². The number of benzene rings is 1. The summed E-state index contributed by atoms with van der Waals surface area (Å²) in [5.41, 5.74) is 3.15. The molecular weight excluding hydrogens is 480 g/mol. The van der Waals surface area contributed by atoms with Crippen LogP contribution in [0.2, 0.25) is 0 Å². The number of hydrogen-bond donors (Lipinski definition) is 1. The summed E-state index contributed by atoms with van der Waals surface area (Å²) < 4.78 is 5.92. The molecule has 214 valence electrons. The first-order valence-corrected chi connectivity index (χ1v) is 16.0. The van der Waals surface area contributed by atoms with Gasteiger partial charge in [0.1, 0.15) is 11.9 Å². The second-order valence-corrected chi connectivity index (χ2v) is 14.5. The normalized spacial score (nSPS) is 36.7. The molecule has 3 saturated carbocycles. The molecule has 3 nitrogen and oxygen atoms in total. The van der Waals surface area contributed by atoms with Crippen LogP contribution in [0.5, 0.6) is 5.75 Å². The van der Waals surface area contributed by atoms with Crippen molar-refractivity contribution in [2.75, 3.05) is 0 Å². The van der Waals surface area contributed by atoms with E-state index in [2.05, 4.69) is 40.7 Å². The molecule has 1 aromatic rings. The monoisotopic (exact) mass is 532 g/mol. The Kier molecular flexibility index (Phi) is 8.37. The van der Waals surface area contributed by atoms with Gasteiger partial charge in [0.2, 0.25) is 0 Å². The van der Waals surface area contributed by atoms with Crippen molar-refractivity contribution in [3.8, 4) is 5.75 Å². The molecule has 8 atom stereocenters. The summed E-state index contributed by atoms with van der Waals surface area (Å²) in [6.45, 7) is 12.5. The summed E-state index contributed by atoms with van der Waals surface area (Å²) in [5.74, 6) is 4.98. The zero-order chi connectivity index (χ0) is 27.8. The Morgan fingerprint density at radius 2 is 1.90 bits per heavy atom. The highest BCUT2D eigenvalue weighted by Gasteiger charge is 2.59. The summed E-state index contributed by atoms with van der Waals surface area (Å²) >= 11 is 0. The maximum Gasteiger partial charge on any atom is 0.331 e. The van der Waals surface area contributed by atoms with Crippen LogP contribution in [0.15, 0.2) is 42.0 Å². The van der Waals surface area contributed by atoms with Gasteiger partial charge in [-0.2, -0.15) is 0 Å². The lowest BCUT2D eigenvalue weighted by molar-refractivity contribution is -0.145. The highest BCUT2D eigenvalue weighted by molar-refractivity contribution is 5.87. The molecule has 1 aromatic carbocycles. The van der Waals surface area contributed by atoms with Crippen LogP contribution in [0, 0.1) is 46.3 Å². The molecule has 4 aliphatic carbocycles. The molecule has 0 heterocycles. The predicted molar refractivity (Wildman–Crippen MR) is 160 cm³/mol. The van der Waals surface area contributed by atoms with Gasteiger partial charge >= 0.3 is 5.97 Å².